The quantitative estimate of drug-likeness (QED) is 0.784. The van der Waals surface area contributed by atoms with Crippen LogP contribution in [0.1, 0.15) is 55.0 Å². The Morgan fingerprint density at radius 3 is 2.67 bits per heavy atom. The van der Waals surface area contributed by atoms with Gasteiger partial charge in [-0.2, -0.15) is 0 Å². The highest BCUT2D eigenvalue weighted by molar-refractivity contribution is 5.85. The van der Waals surface area contributed by atoms with E-state index in [-0.39, 0.29) is 11.7 Å². The van der Waals surface area contributed by atoms with Gasteiger partial charge in [0.05, 0.1) is 5.69 Å². The lowest BCUT2D eigenvalue weighted by Gasteiger charge is -2.30. The zero-order chi connectivity index (χ0) is 18.8. The number of carbonyl (C=O) groups excluding carboxylic acids is 1. The summed E-state index contributed by atoms with van der Waals surface area (Å²) in [5, 5.41) is 0. The second-order valence-corrected chi connectivity index (χ2v) is 7.42. The highest BCUT2D eigenvalue weighted by atomic mass is 19.1. The Morgan fingerprint density at radius 1 is 1.11 bits per heavy atom. The molecule has 0 spiro atoms. The first kappa shape index (κ1) is 17.9. The largest absolute Gasteiger partial charge is 0.342 e. The number of aryl methyl sites for hydroxylation is 2. The van der Waals surface area contributed by atoms with E-state index in [1.165, 1.54) is 16.7 Å². The normalized spacial score (nSPS) is 16.6. The van der Waals surface area contributed by atoms with Crippen molar-refractivity contribution in [2.45, 2.75) is 45.4 Å². The van der Waals surface area contributed by atoms with Crippen molar-refractivity contribution in [1.82, 2.24) is 9.88 Å². The third-order valence-corrected chi connectivity index (χ3v) is 5.67. The van der Waals surface area contributed by atoms with Gasteiger partial charge in [0, 0.05) is 31.3 Å². The average Bonchev–Trinajstić information content (AvgIpc) is 2.85. The molecule has 0 saturated carbocycles. The molecule has 1 saturated heterocycles. The maximum absolute atomic E-state index is 13.9. The second-order valence-electron chi connectivity index (χ2n) is 7.42. The van der Waals surface area contributed by atoms with Crippen LogP contribution >= 0.6 is 0 Å². The van der Waals surface area contributed by atoms with Crippen LogP contribution in [-0.2, 0) is 17.6 Å². The number of carbonyl (C=O) groups is 1. The third-order valence-electron chi connectivity index (χ3n) is 5.67. The van der Waals surface area contributed by atoms with Crippen molar-refractivity contribution in [3.63, 3.8) is 0 Å². The topological polar surface area (TPSA) is 33.2 Å². The minimum Gasteiger partial charge on any atom is -0.342 e. The van der Waals surface area contributed by atoms with Gasteiger partial charge in [0.1, 0.15) is 5.82 Å². The van der Waals surface area contributed by atoms with E-state index in [0.717, 1.165) is 62.0 Å². The summed E-state index contributed by atoms with van der Waals surface area (Å²) in [6.45, 7) is 3.56. The number of aromatic nitrogens is 1. The molecule has 1 fully saturated rings. The van der Waals surface area contributed by atoms with Gasteiger partial charge in [-0.25, -0.2) is 4.39 Å². The molecule has 1 amide bonds. The van der Waals surface area contributed by atoms with Crippen LogP contribution in [0.25, 0.3) is 5.57 Å². The van der Waals surface area contributed by atoms with E-state index in [9.17, 15) is 9.18 Å². The summed E-state index contributed by atoms with van der Waals surface area (Å²) in [5.74, 6) is 0.0698. The van der Waals surface area contributed by atoms with Crippen molar-refractivity contribution in [2.75, 3.05) is 13.1 Å². The predicted octanol–water partition coefficient (Wildman–Crippen LogP) is 4.54. The molecule has 1 aromatic heterocycles. The summed E-state index contributed by atoms with van der Waals surface area (Å²) >= 11 is 0. The fourth-order valence-corrected chi connectivity index (χ4v) is 4.28. The van der Waals surface area contributed by atoms with Crippen molar-refractivity contribution >= 4 is 11.5 Å². The molecule has 3 nitrogen and oxygen atoms in total. The highest BCUT2D eigenvalue weighted by Gasteiger charge is 2.26. The summed E-state index contributed by atoms with van der Waals surface area (Å²) in [7, 11) is 0. The Kier molecular flexibility index (Phi) is 5.06. The van der Waals surface area contributed by atoms with Crippen molar-refractivity contribution in [2.24, 2.45) is 0 Å². The fourth-order valence-electron chi connectivity index (χ4n) is 4.28. The summed E-state index contributed by atoms with van der Waals surface area (Å²) < 4.78 is 13.9. The number of halogens is 1. The summed E-state index contributed by atoms with van der Waals surface area (Å²) in [4.78, 5) is 18.9. The predicted molar refractivity (Wildman–Crippen MR) is 105 cm³/mol. The first-order valence-electron chi connectivity index (χ1n) is 9.90. The van der Waals surface area contributed by atoms with E-state index >= 15 is 0 Å². The number of hydrogen-bond donors (Lipinski definition) is 0. The number of nitrogens with zero attached hydrogens (tertiary/aromatic N) is 2. The second kappa shape index (κ2) is 7.63. The molecule has 4 rings (SSSR count). The van der Waals surface area contributed by atoms with Gasteiger partial charge in [-0.05, 0) is 67.0 Å². The molecule has 27 heavy (non-hydrogen) atoms. The van der Waals surface area contributed by atoms with Crippen LogP contribution in [-0.4, -0.2) is 28.9 Å². The number of likely N-dealkylation sites (tertiary alicyclic amines) is 1. The molecular weight excluding hydrogens is 339 g/mol. The van der Waals surface area contributed by atoms with Gasteiger partial charge in [0.25, 0.3) is 0 Å². The molecule has 2 aromatic rings. The van der Waals surface area contributed by atoms with Crippen molar-refractivity contribution < 1.29 is 9.18 Å². The van der Waals surface area contributed by atoms with Crippen LogP contribution in [0.3, 0.4) is 0 Å². The lowest BCUT2D eigenvalue weighted by atomic mass is 9.88. The SMILES string of the molecule is CCCC(=O)N1CCC(=C2c3ccc(F)cc3CCc3cccnc32)CC1. The molecule has 0 atom stereocenters. The molecule has 1 aliphatic heterocycles. The number of fused-ring (bicyclic) bond motifs is 2. The third kappa shape index (κ3) is 3.53. The van der Waals surface area contributed by atoms with Crippen molar-refractivity contribution in [3.8, 4) is 0 Å². The van der Waals surface area contributed by atoms with Crippen LogP contribution in [0.5, 0.6) is 0 Å². The van der Waals surface area contributed by atoms with E-state index in [2.05, 4.69) is 6.07 Å². The Bertz CT molecular complexity index is 893. The van der Waals surface area contributed by atoms with Crippen molar-refractivity contribution in [1.29, 1.82) is 0 Å². The lowest BCUT2D eigenvalue weighted by Crippen LogP contribution is -2.36. The fraction of sp³-hybridized carbons (Fsp3) is 0.391. The van der Waals surface area contributed by atoms with E-state index in [0.29, 0.717) is 6.42 Å². The molecule has 0 bridgehead atoms. The van der Waals surface area contributed by atoms with Gasteiger partial charge >= 0.3 is 0 Å². The van der Waals surface area contributed by atoms with E-state index < -0.39 is 0 Å². The maximum Gasteiger partial charge on any atom is 0.222 e. The van der Waals surface area contributed by atoms with Gasteiger partial charge in [0.15, 0.2) is 0 Å². The van der Waals surface area contributed by atoms with E-state index in [4.69, 9.17) is 4.98 Å². The molecule has 0 unspecified atom stereocenters. The molecule has 2 aliphatic rings. The molecular formula is C23H25FN2O. The molecule has 4 heteroatoms. The van der Waals surface area contributed by atoms with Gasteiger partial charge < -0.3 is 4.90 Å². The Hall–Kier alpha value is -2.49. The zero-order valence-electron chi connectivity index (χ0n) is 15.8. The monoisotopic (exact) mass is 364 g/mol. The highest BCUT2D eigenvalue weighted by Crippen LogP contribution is 2.37. The minimum atomic E-state index is -0.183. The van der Waals surface area contributed by atoms with Crippen LogP contribution in [0.4, 0.5) is 4.39 Å². The minimum absolute atomic E-state index is 0.183. The van der Waals surface area contributed by atoms with Gasteiger partial charge in [-0.1, -0.05) is 24.6 Å². The number of piperidine rings is 1. The zero-order valence-corrected chi connectivity index (χ0v) is 15.8. The first-order chi connectivity index (χ1) is 13.2. The standard InChI is InChI=1S/C23H25FN2O/c1-2-4-21(27)26-13-10-16(11-14-26)22-20-9-8-19(24)15-18(20)7-6-17-5-3-12-25-23(17)22/h3,5,8-9,12,15H,2,4,6-7,10-11,13-14H2,1H3. The molecule has 0 radical (unpaired) electrons. The van der Waals surface area contributed by atoms with Gasteiger partial charge in [-0.3, -0.25) is 9.78 Å². The average molecular weight is 364 g/mol. The number of amides is 1. The summed E-state index contributed by atoms with van der Waals surface area (Å²) in [6.07, 6.45) is 6.77. The molecule has 2 heterocycles. The Balaban J connectivity index is 1.76. The summed E-state index contributed by atoms with van der Waals surface area (Å²) in [6, 6.07) is 9.23. The van der Waals surface area contributed by atoms with Crippen LogP contribution in [0, 0.1) is 5.82 Å². The number of pyridine rings is 1. The van der Waals surface area contributed by atoms with Crippen LogP contribution < -0.4 is 0 Å². The van der Waals surface area contributed by atoms with Crippen LogP contribution in [0.2, 0.25) is 0 Å². The van der Waals surface area contributed by atoms with Gasteiger partial charge in [-0.15, -0.1) is 0 Å². The first-order valence-corrected chi connectivity index (χ1v) is 9.90. The smallest absolute Gasteiger partial charge is 0.222 e. The number of hydrogen-bond acceptors (Lipinski definition) is 2. The summed E-state index contributed by atoms with van der Waals surface area (Å²) in [5.41, 5.74) is 6.93. The lowest BCUT2D eigenvalue weighted by molar-refractivity contribution is -0.131. The number of benzene rings is 1. The molecule has 1 aliphatic carbocycles. The van der Waals surface area contributed by atoms with E-state index in [1.807, 2.05) is 30.2 Å². The Morgan fingerprint density at radius 2 is 1.89 bits per heavy atom. The maximum atomic E-state index is 13.9. The van der Waals surface area contributed by atoms with Gasteiger partial charge in [0.2, 0.25) is 5.91 Å². The van der Waals surface area contributed by atoms with Crippen LogP contribution in [0.15, 0.2) is 42.1 Å². The molecule has 140 valence electrons. The number of rotatable bonds is 2. The van der Waals surface area contributed by atoms with Crippen molar-refractivity contribution in [3.05, 3.63) is 70.3 Å². The Labute approximate surface area is 159 Å². The molecule has 1 aromatic carbocycles. The molecule has 0 N–H and O–H groups in total. The van der Waals surface area contributed by atoms with E-state index in [1.54, 1.807) is 12.1 Å².